The Kier molecular flexibility index (Phi) is 7.01. The van der Waals surface area contributed by atoms with Gasteiger partial charge >= 0.3 is 0 Å². The summed E-state index contributed by atoms with van der Waals surface area (Å²) >= 11 is 0. The minimum atomic E-state index is -0.279. The quantitative estimate of drug-likeness (QED) is 0.565. The molecule has 0 aliphatic carbocycles. The molecule has 0 bridgehead atoms. The van der Waals surface area contributed by atoms with E-state index in [1.54, 1.807) is 12.1 Å². The summed E-state index contributed by atoms with van der Waals surface area (Å²) in [5, 5.41) is 3.16. The summed E-state index contributed by atoms with van der Waals surface area (Å²) in [5.74, 6) is -0.277. The number of rotatable bonds is 6. The lowest BCUT2D eigenvalue weighted by atomic mass is 9.99. The van der Waals surface area contributed by atoms with Crippen molar-refractivity contribution in [3.8, 4) is 11.1 Å². The Morgan fingerprint density at radius 1 is 0.938 bits per heavy atom. The van der Waals surface area contributed by atoms with Crippen molar-refractivity contribution in [2.24, 2.45) is 0 Å². The number of hydrogen-bond donors (Lipinski definition) is 1. The van der Waals surface area contributed by atoms with Gasteiger partial charge in [0.05, 0.1) is 6.42 Å². The van der Waals surface area contributed by atoms with Gasteiger partial charge in [0.2, 0.25) is 5.91 Å². The number of amides is 1. The first-order chi connectivity index (χ1) is 15.4. The van der Waals surface area contributed by atoms with Gasteiger partial charge < -0.3 is 5.32 Å². The zero-order chi connectivity index (χ0) is 22.5. The Balaban J connectivity index is 1.31. The zero-order valence-electron chi connectivity index (χ0n) is 18.9. The average molecular weight is 431 g/mol. The highest BCUT2D eigenvalue weighted by Crippen LogP contribution is 2.23. The second-order valence-corrected chi connectivity index (χ2v) is 9.02. The molecular formula is C28H31FN2O. The fraction of sp³-hybridized carbons (Fsp3) is 0.321. The maximum atomic E-state index is 13.1. The SMILES string of the molecule is Cc1cc(C)cc(-c2ccc(CN3CCCC(NC(=O)Cc4ccc(F)cc4)C3)cc2)c1. The van der Waals surface area contributed by atoms with E-state index in [9.17, 15) is 9.18 Å². The normalized spacial score (nSPS) is 16.7. The number of halogens is 1. The standard InChI is InChI=1S/C28H31FN2O/c1-20-14-21(2)16-25(15-20)24-9-5-23(6-10-24)18-31-13-3-4-27(19-31)30-28(32)17-22-7-11-26(29)12-8-22/h5-12,14-16,27H,3-4,13,17-19H2,1-2H3,(H,30,32). The van der Waals surface area contributed by atoms with Gasteiger partial charge in [-0.2, -0.15) is 0 Å². The van der Waals surface area contributed by atoms with Crippen LogP contribution in [0.3, 0.4) is 0 Å². The minimum absolute atomic E-state index is 0.00117. The first-order valence-electron chi connectivity index (χ1n) is 11.4. The number of benzene rings is 3. The molecule has 1 heterocycles. The van der Waals surface area contributed by atoms with E-state index in [0.29, 0.717) is 0 Å². The van der Waals surface area contributed by atoms with E-state index in [1.165, 1.54) is 39.9 Å². The van der Waals surface area contributed by atoms with Crippen LogP contribution in [-0.4, -0.2) is 29.9 Å². The van der Waals surface area contributed by atoms with E-state index in [4.69, 9.17) is 0 Å². The number of nitrogens with one attached hydrogen (secondary N) is 1. The van der Waals surface area contributed by atoms with Crippen LogP contribution in [0.15, 0.2) is 66.7 Å². The van der Waals surface area contributed by atoms with Crippen molar-refractivity contribution >= 4 is 5.91 Å². The minimum Gasteiger partial charge on any atom is -0.352 e. The first kappa shape index (κ1) is 22.2. The average Bonchev–Trinajstić information content (AvgIpc) is 2.75. The summed E-state index contributed by atoms with van der Waals surface area (Å²) in [6.07, 6.45) is 2.36. The van der Waals surface area contributed by atoms with E-state index >= 15 is 0 Å². The van der Waals surface area contributed by atoms with Crippen molar-refractivity contribution in [3.05, 3.63) is 94.8 Å². The smallest absolute Gasteiger partial charge is 0.224 e. The highest BCUT2D eigenvalue weighted by molar-refractivity contribution is 5.78. The van der Waals surface area contributed by atoms with Crippen molar-refractivity contribution in [2.45, 2.75) is 45.7 Å². The predicted molar refractivity (Wildman–Crippen MR) is 128 cm³/mol. The third-order valence-electron chi connectivity index (χ3n) is 6.06. The predicted octanol–water partition coefficient (Wildman–Crippen LogP) is 5.43. The topological polar surface area (TPSA) is 32.3 Å². The van der Waals surface area contributed by atoms with Gasteiger partial charge in [-0.15, -0.1) is 0 Å². The molecular weight excluding hydrogens is 399 g/mol. The Morgan fingerprint density at radius 2 is 1.59 bits per heavy atom. The molecule has 0 aromatic heterocycles. The van der Waals surface area contributed by atoms with Crippen LogP contribution >= 0.6 is 0 Å². The van der Waals surface area contributed by atoms with E-state index in [0.717, 1.165) is 38.0 Å². The van der Waals surface area contributed by atoms with Gasteiger partial charge in [-0.05, 0) is 67.6 Å². The molecule has 1 fully saturated rings. The van der Waals surface area contributed by atoms with Crippen LogP contribution in [0.5, 0.6) is 0 Å². The molecule has 4 heteroatoms. The van der Waals surface area contributed by atoms with Crippen molar-refractivity contribution in [1.29, 1.82) is 0 Å². The number of piperidine rings is 1. The van der Waals surface area contributed by atoms with Crippen LogP contribution < -0.4 is 5.32 Å². The molecule has 0 spiro atoms. The highest BCUT2D eigenvalue weighted by atomic mass is 19.1. The molecule has 32 heavy (non-hydrogen) atoms. The fourth-order valence-corrected chi connectivity index (χ4v) is 4.59. The fourth-order valence-electron chi connectivity index (χ4n) is 4.59. The van der Waals surface area contributed by atoms with E-state index in [1.807, 2.05) is 0 Å². The monoisotopic (exact) mass is 430 g/mol. The van der Waals surface area contributed by atoms with Crippen LogP contribution in [0.4, 0.5) is 4.39 Å². The van der Waals surface area contributed by atoms with Crippen LogP contribution in [0.2, 0.25) is 0 Å². The van der Waals surface area contributed by atoms with Gasteiger partial charge in [0.15, 0.2) is 0 Å². The Morgan fingerprint density at radius 3 is 2.28 bits per heavy atom. The molecule has 1 atom stereocenters. The maximum Gasteiger partial charge on any atom is 0.224 e. The number of hydrogen-bond acceptors (Lipinski definition) is 2. The molecule has 3 aromatic rings. The van der Waals surface area contributed by atoms with Crippen LogP contribution in [-0.2, 0) is 17.8 Å². The molecule has 1 unspecified atom stereocenters. The zero-order valence-corrected chi connectivity index (χ0v) is 18.9. The van der Waals surface area contributed by atoms with Crippen molar-refractivity contribution in [3.63, 3.8) is 0 Å². The molecule has 1 N–H and O–H groups in total. The number of aryl methyl sites for hydroxylation is 2. The molecule has 1 amide bonds. The molecule has 166 valence electrons. The second kappa shape index (κ2) is 10.1. The van der Waals surface area contributed by atoms with E-state index in [2.05, 4.69) is 66.5 Å². The molecule has 4 rings (SSSR count). The number of likely N-dealkylation sites (tertiary alicyclic amines) is 1. The van der Waals surface area contributed by atoms with Gasteiger partial charge in [-0.25, -0.2) is 4.39 Å². The highest BCUT2D eigenvalue weighted by Gasteiger charge is 2.21. The third kappa shape index (κ3) is 6.04. The van der Waals surface area contributed by atoms with Crippen molar-refractivity contribution in [2.75, 3.05) is 13.1 Å². The molecule has 0 radical (unpaired) electrons. The van der Waals surface area contributed by atoms with E-state index in [-0.39, 0.29) is 24.2 Å². The summed E-state index contributed by atoms with van der Waals surface area (Å²) < 4.78 is 13.1. The molecule has 1 aliphatic heterocycles. The summed E-state index contributed by atoms with van der Waals surface area (Å²) in [6.45, 7) is 7.06. The summed E-state index contributed by atoms with van der Waals surface area (Å²) in [6, 6.07) is 21.8. The van der Waals surface area contributed by atoms with Gasteiger partial charge in [0, 0.05) is 19.1 Å². The number of carbonyl (C=O) groups excluding carboxylic acids is 1. The Labute approximate surface area is 190 Å². The van der Waals surface area contributed by atoms with Gasteiger partial charge in [0.1, 0.15) is 5.82 Å². The number of carbonyl (C=O) groups is 1. The third-order valence-corrected chi connectivity index (χ3v) is 6.06. The molecule has 1 aliphatic rings. The first-order valence-corrected chi connectivity index (χ1v) is 11.4. The van der Waals surface area contributed by atoms with Gasteiger partial charge in [-0.3, -0.25) is 9.69 Å². The molecule has 3 aromatic carbocycles. The molecule has 3 nitrogen and oxygen atoms in total. The maximum absolute atomic E-state index is 13.1. The van der Waals surface area contributed by atoms with Crippen molar-refractivity contribution < 1.29 is 9.18 Å². The second-order valence-electron chi connectivity index (χ2n) is 9.02. The molecule has 0 saturated carbocycles. The largest absolute Gasteiger partial charge is 0.352 e. The van der Waals surface area contributed by atoms with Crippen LogP contribution in [0.1, 0.15) is 35.1 Å². The molecule has 1 saturated heterocycles. The Bertz CT molecular complexity index is 1040. The lowest BCUT2D eigenvalue weighted by molar-refractivity contribution is -0.121. The van der Waals surface area contributed by atoms with Crippen LogP contribution in [0, 0.1) is 19.7 Å². The van der Waals surface area contributed by atoms with E-state index < -0.39 is 0 Å². The summed E-state index contributed by atoms with van der Waals surface area (Å²) in [7, 11) is 0. The Hall–Kier alpha value is -2.98. The lowest BCUT2D eigenvalue weighted by Gasteiger charge is -2.33. The van der Waals surface area contributed by atoms with Gasteiger partial charge in [0.25, 0.3) is 0 Å². The summed E-state index contributed by atoms with van der Waals surface area (Å²) in [4.78, 5) is 14.8. The lowest BCUT2D eigenvalue weighted by Crippen LogP contribution is -2.47. The summed E-state index contributed by atoms with van der Waals surface area (Å²) in [5.41, 5.74) is 7.19. The van der Waals surface area contributed by atoms with Crippen LogP contribution in [0.25, 0.3) is 11.1 Å². The van der Waals surface area contributed by atoms with Crippen molar-refractivity contribution in [1.82, 2.24) is 10.2 Å². The van der Waals surface area contributed by atoms with Gasteiger partial charge in [-0.1, -0.05) is 65.7 Å². The number of nitrogens with zero attached hydrogens (tertiary/aromatic N) is 1.